The minimum Gasteiger partial charge on any atom is -0.366 e. The molecule has 0 saturated carbocycles. The van der Waals surface area contributed by atoms with Crippen LogP contribution >= 0.6 is 0 Å². The summed E-state index contributed by atoms with van der Waals surface area (Å²) in [6.07, 6.45) is 0. The number of aromatic amines is 1. The highest BCUT2D eigenvalue weighted by atomic mass is 16.2. The van der Waals surface area contributed by atoms with E-state index >= 15 is 0 Å². The van der Waals surface area contributed by atoms with Crippen molar-refractivity contribution >= 4 is 28.3 Å². The second kappa shape index (κ2) is 5.76. The van der Waals surface area contributed by atoms with Crippen molar-refractivity contribution in [3.8, 4) is 0 Å². The van der Waals surface area contributed by atoms with Crippen LogP contribution in [0.4, 0.5) is 5.69 Å². The quantitative estimate of drug-likeness (QED) is 0.688. The van der Waals surface area contributed by atoms with E-state index in [1.807, 2.05) is 0 Å². The number of fused-ring (bicyclic) bond motifs is 1. The van der Waals surface area contributed by atoms with Gasteiger partial charge in [0.15, 0.2) is 0 Å². The van der Waals surface area contributed by atoms with E-state index in [0.29, 0.717) is 16.5 Å². The molecule has 114 valence electrons. The van der Waals surface area contributed by atoms with Gasteiger partial charge in [-0.15, -0.1) is 0 Å². The second-order valence-electron chi connectivity index (χ2n) is 4.96. The average Bonchev–Trinajstić information content (AvgIpc) is 2.55. The van der Waals surface area contributed by atoms with Crippen molar-refractivity contribution in [1.82, 2.24) is 4.98 Å². The number of pyridine rings is 1. The van der Waals surface area contributed by atoms with E-state index in [1.165, 1.54) is 6.07 Å². The molecule has 0 atom stereocenters. The normalized spacial score (nSPS) is 10.4. The van der Waals surface area contributed by atoms with E-state index in [2.05, 4.69) is 10.3 Å². The first-order valence-electron chi connectivity index (χ1n) is 6.88. The second-order valence-corrected chi connectivity index (χ2v) is 4.96. The maximum atomic E-state index is 12.4. The highest BCUT2D eigenvalue weighted by Crippen LogP contribution is 2.16. The Morgan fingerprint density at radius 3 is 2.48 bits per heavy atom. The van der Waals surface area contributed by atoms with Gasteiger partial charge in [0.25, 0.3) is 17.4 Å². The van der Waals surface area contributed by atoms with Crippen molar-refractivity contribution < 1.29 is 9.59 Å². The van der Waals surface area contributed by atoms with Gasteiger partial charge in [-0.2, -0.15) is 0 Å². The molecular weight excluding hydrogens is 294 g/mol. The van der Waals surface area contributed by atoms with Crippen LogP contribution in [0.15, 0.2) is 59.4 Å². The summed E-state index contributed by atoms with van der Waals surface area (Å²) in [5, 5.41) is 3.75. The Morgan fingerprint density at radius 2 is 1.70 bits per heavy atom. The van der Waals surface area contributed by atoms with Gasteiger partial charge in [-0.25, -0.2) is 0 Å². The first kappa shape index (κ1) is 14.5. The van der Waals surface area contributed by atoms with Crippen LogP contribution in [0, 0.1) is 0 Å². The predicted octanol–water partition coefficient (Wildman–Crippen LogP) is 1.88. The fourth-order valence-electron chi connectivity index (χ4n) is 2.33. The number of aromatic nitrogens is 1. The number of primary amides is 1. The molecule has 0 saturated heterocycles. The molecule has 3 aromatic rings. The van der Waals surface area contributed by atoms with E-state index in [-0.39, 0.29) is 16.8 Å². The number of hydrogen-bond donors (Lipinski definition) is 3. The molecule has 6 heteroatoms. The Kier molecular flexibility index (Phi) is 3.64. The summed E-state index contributed by atoms with van der Waals surface area (Å²) >= 11 is 0. The van der Waals surface area contributed by atoms with Gasteiger partial charge in [-0.05, 0) is 29.7 Å². The molecule has 0 aliphatic rings. The largest absolute Gasteiger partial charge is 0.366 e. The molecule has 0 spiro atoms. The number of carbonyl (C=O) groups is 2. The highest BCUT2D eigenvalue weighted by Gasteiger charge is 2.13. The first-order valence-corrected chi connectivity index (χ1v) is 6.88. The Hall–Kier alpha value is -3.41. The zero-order chi connectivity index (χ0) is 16.4. The van der Waals surface area contributed by atoms with Crippen LogP contribution in [-0.2, 0) is 0 Å². The number of amides is 2. The van der Waals surface area contributed by atoms with Crippen LogP contribution in [0.3, 0.4) is 0 Å². The van der Waals surface area contributed by atoms with Gasteiger partial charge in [0.1, 0.15) is 5.69 Å². The summed E-state index contributed by atoms with van der Waals surface area (Å²) in [5.74, 6) is -1.17. The third-order valence-corrected chi connectivity index (χ3v) is 3.44. The number of para-hydroxylation sites is 1. The SMILES string of the molecule is NC(=O)c1ccccc1NC(=O)c1cc2ccccc2c(=O)[nH]1. The number of benzene rings is 2. The van der Waals surface area contributed by atoms with Crippen molar-refractivity contribution in [1.29, 1.82) is 0 Å². The fourth-order valence-corrected chi connectivity index (χ4v) is 2.33. The van der Waals surface area contributed by atoms with Crippen LogP contribution in [-0.4, -0.2) is 16.8 Å². The van der Waals surface area contributed by atoms with Crippen LogP contribution in [0.1, 0.15) is 20.8 Å². The molecule has 2 aromatic carbocycles. The minimum absolute atomic E-state index is 0.105. The molecule has 6 nitrogen and oxygen atoms in total. The standard InChI is InChI=1S/C17H13N3O3/c18-15(21)12-7-3-4-8-13(12)19-17(23)14-9-10-5-1-2-6-11(10)16(22)20-14/h1-9H,(H2,18,21)(H,19,23)(H,20,22). The molecular formula is C17H13N3O3. The lowest BCUT2D eigenvalue weighted by Gasteiger charge is -2.09. The number of hydrogen-bond acceptors (Lipinski definition) is 3. The van der Waals surface area contributed by atoms with Crippen LogP contribution < -0.4 is 16.6 Å². The van der Waals surface area contributed by atoms with E-state index in [0.717, 1.165) is 0 Å². The third kappa shape index (κ3) is 2.82. The Bertz CT molecular complexity index is 976. The lowest BCUT2D eigenvalue weighted by molar-refractivity contribution is 0.100. The maximum Gasteiger partial charge on any atom is 0.272 e. The van der Waals surface area contributed by atoms with Gasteiger partial charge in [-0.1, -0.05) is 30.3 Å². The summed E-state index contributed by atoms with van der Waals surface area (Å²) in [6, 6.07) is 14.9. The van der Waals surface area contributed by atoms with Crippen molar-refractivity contribution in [2.24, 2.45) is 5.73 Å². The van der Waals surface area contributed by atoms with Crippen molar-refractivity contribution in [3.05, 3.63) is 76.2 Å². The zero-order valence-electron chi connectivity index (χ0n) is 12.0. The fraction of sp³-hybridized carbons (Fsp3) is 0. The summed E-state index contributed by atoms with van der Waals surface area (Å²) in [5.41, 5.74) is 5.52. The van der Waals surface area contributed by atoms with E-state index in [4.69, 9.17) is 5.73 Å². The molecule has 0 aliphatic heterocycles. The van der Waals surface area contributed by atoms with E-state index in [9.17, 15) is 14.4 Å². The van der Waals surface area contributed by atoms with Gasteiger partial charge in [0.05, 0.1) is 11.3 Å². The van der Waals surface area contributed by atoms with Crippen LogP contribution in [0.2, 0.25) is 0 Å². The van der Waals surface area contributed by atoms with Gasteiger partial charge in [0, 0.05) is 5.39 Å². The summed E-state index contributed by atoms with van der Waals surface area (Å²) in [7, 11) is 0. The number of rotatable bonds is 3. The molecule has 23 heavy (non-hydrogen) atoms. The third-order valence-electron chi connectivity index (χ3n) is 3.44. The van der Waals surface area contributed by atoms with Crippen molar-refractivity contribution in [2.45, 2.75) is 0 Å². The number of carbonyl (C=O) groups excluding carboxylic acids is 2. The number of nitrogens with one attached hydrogen (secondary N) is 2. The molecule has 0 unspecified atom stereocenters. The number of nitrogens with two attached hydrogens (primary N) is 1. The smallest absolute Gasteiger partial charge is 0.272 e. The molecule has 1 heterocycles. The topological polar surface area (TPSA) is 105 Å². The summed E-state index contributed by atoms with van der Waals surface area (Å²) in [4.78, 5) is 38.3. The minimum atomic E-state index is -0.645. The van der Waals surface area contributed by atoms with E-state index < -0.39 is 11.8 Å². The highest BCUT2D eigenvalue weighted by molar-refractivity contribution is 6.08. The molecule has 0 radical (unpaired) electrons. The lowest BCUT2D eigenvalue weighted by Crippen LogP contribution is -2.21. The van der Waals surface area contributed by atoms with Crippen LogP contribution in [0.5, 0.6) is 0 Å². The number of H-pyrrole nitrogens is 1. The van der Waals surface area contributed by atoms with Gasteiger partial charge in [-0.3, -0.25) is 14.4 Å². The summed E-state index contributed by atoms with van der Waals surface area (Å²) < 4.78 is 0. The van der Waals surface area contributed by atoms with E-state index in [1.54, 1.807) is 48.5 Å². The first-order chi connectivity index (χ1) is 11.1. The predicted molar refractivity (Wildman–Crippen MR) is 87.5 cm³/mol. The van der Waals surface area contributed by atoms with Crippen molar-refractivity contribution in [3.63, 3.8) is 0 Å². The molecule has 4 N–H and O–H groups in total. The van der Waals surface area contributed by atoms with Crippen molar-refractivity contribution in [2.75, 3.05) is 5.32 Å². The summed E-state index contributed by atoms with van der Waals surface area (Å²) in [6.45, 7) is 0. The van der Waals surface area contributed by atoms with Gasteiger partial charge in [0.2, 0.25) is 0 Å². The number of anilines is 1. The maximum absolute atomic E-state index is 12.4. The molecule has 3 rings (SSSR count). The Balaban J connectivity index is 1.99. The monoisotopic (exact) mass is 307 g/mol. The molecule has 2 amide bonds. The van der Waals surface area contributed by atoms with Gasteiger partial charge >= 0.3 is 0 Å². The van der Waals surface area contributed by atoms with Crippen LogP contribution in [0.25, 0.3) is 10.8 Å². The lowest BCUT2D eigenvalue weighted by atomic mass is 10.1. The zero-order valence-corrected chi connectivity index (χ0v) is 12.0. The molecule has 1 aromatic heterocycles. The molecule has 0 aliphatic carbocycles. The van der Waals surface area contributed by atoms with Gasteiger partial charge < -0.3 is 16.0 Å². The molecule has 0 fully saturated rings. The Labute approximate surface area is 130 Å². The Morgan fingerprint density at radius 1 is 1.00 bits per heavy atom. The molecule has 0 bridgehead atoms. The average molecular weight is 307 g/mol.